The van der Waals surface area contributed by atoms with Crippen molar-refractivity contribution in [1.29, 1.82) is 0 Å². The lowest BCUT2D eigenvalue weighted by molar-refractivity contribution is 0.492. The fourth-order valence-corrected chi connectivity index (χ4v) is 1.71. The Bertz CT molecular complexity index is 60.3. The minimum Gasteiger partial charge on any atom is -0.305 e. The van der Waals surface area contributed by atoms with Gasteiger partial charge < -0.3 is 5.32 Å². The zero-order chi connectivity index (χ0) is 7.82. The molecule has 1 aliphatic heterocycles. The number of hydrogen-bond donors (Lipinski definition) is 1. The molecule has 1 nitrogen and oxygen atoms in total. The molecule has 1 fully saturated rings. The number of nitrogens with one attached hydrogen (secondary N) is 1. The smallest absolute Gasteiger partial charge is 0.0529 e. The van der Waals surface area contributed by atoms with Crippen LogP contribution in [0.25, 0.3) is 0 Å². The summed E-state index contributed by atoms with van der Waals surface area (Å²) in [6.07, 6.45) is 6.32. The molecule has 1 aliphatic rings. The van der Waals surface area contributed by atoms with Crippen molar-refractivity contribution in [3.8, 4) is 0 Å². The summed E-state index contributed by atoms with van der Waals surface area (Å²) in [5.41, 5.74) is 0. The van der Waals surface area contributed by atoms with Crippen molar-refractivity contribution in [3.05, 3.63) is 0 Å². The fourth-order valence-electron chi connectivity index (χ4n) is 1.02. The minimum absolute atomic E-state index is 0.753. The first kappa shape index (κ1) is 10.3. The molecule has 62 valence electrons. The third-order valence-corrected chi connectivity index (χ3v) is 2.52. The van der Waals surface area contributed by atoms with Gasteiger partial charge in [0.05, 0.1) is 5.37 Å². The quantitative estimate of drug-likeness (QED) is 0.634. The monoisotopic (exact) mass is 161 g/mol. The molecule has 0 bridgehead atoms. The van der Waals surface area contributed by atoms with E-state index in [9.17, 15) is 0 Å². The van der Waals surface area contributed by atoms with Crippen LogP contribution in [0.3, 0.4) is 0 Å². The van der Waals surface area contributed by atoms with Crippen LogP contribution in [0.5, 0.6) is 0 Å². The van der Waals surface area contributed by atoms with E-state index in [4.69, 9.17) is 0 Å². The third-order valence-electron chi connectivity index (χ3n) is 1.55. The van der Waals surface area contributed by atoms with Gasteiger partial charge >= 0.3 is 0 Å². The van der Waals surface area contributed by atoms with Gasteiger partial charge in [0.2, 0.25) is 0 Å². The lowest BCUT2D eigenvalue weighted by atomic mass is 10.2. The summed E-state index contributed by atoms with van der Waals surface area (Å²) in [7, 11) is 0. The third kappa shape index (κ3) is 4.18. The molecule has 0 aromatic rings. The molecule has 0 aromatic heterocycles. The van der Waals surface area contributed by atoms with Gasteiger partial charge in [-0.2, -0.15) is 0 Å². The van der Waals surface area contributed by atoms with E-state index in [0.29, 0.717) is 0 Å². The van der Waals surface area contributed by atoms with Gasteiger partial charge in [-0.05, 0) is 32.1 Å². The predicted molar refractivity (Wildman–Crippen MR) is 50.5 cm³/mol. The molecule has 0 aromatic carbocycles. The largest absolute Gasteiger partial charge is 0.305 e. The number of rotatable bonds is 1. The van der Waals surface area contributed by atoms with Gasteiger partial charge in [0.25, 0.3) is 0 Å². The Kier molecular flexibility index (Phi) is 7.65. The van der Waals surface area contributed by atoms with Crippen molar-refractivity contribution >= 4 is 11.8 Å². The molecule has 0 saturated carbocycles. The van der Waals surface area contributed by atoms with Crippen LogP contribution in [0.15, 0.2) is 0 Å². The summed E-state index contributed by atoms with van der Waals surface area (Å²) < 4.78 is 0. The Morgan fingerprint density at radius 3 is 2.30 bits per heavy atom. The van der Waals surface area contributed by atoms with E-state index >= 15 is 0 Å². The van der Waals surface area contributed by atoms with Crippen LogP contribution in [-0.4, -0.2) is 18.2 Å². The van der Waals surface area contributed by atoms with Crippen molar-refractivity contribution in [2.75, 3.05) is 12.8 Å². The van der Waals surface area contributed by atoms with Crippen LogP contribution in [0.4, 0.5) is 0 Å². The summed E-state index contributed by atoms with van der Waals surface area (Å²) in [4.78, 5) is 0. The summed E-state index contributed by atoms with van der Waals surface area (Å²) in [6, 6.07) is 0. The second-order valence-electron chi connectivity index (χ2n) is 2.17. The van der Waals surface area contributed by atoms with Crippen molar-refractivity contribution in [1.82, 2.24) is 5.32 Å². The minimum atomic E-state index is 0.753. The highest BCUT2D eigenvalue weighted by Crippen LogP contribution is 2.14. The maximum Gasteiger partial charge on any atom is 0.0529 e. The Balaban J connectivity index is 0.000000371. The van der Waals surface area contributed by atoms with Gasteiger partial charge in [-0.15, -0.1) is 11.8 Å². The highest BCUT2D eigenvalue weighted by atomic mass is 32.2. The Morgan fingerprint density at radius 1 is 1.30 bits per heavy atom. The zero-order valence-corrected chi connectivity index (χ0v) is 8.13. The lowest BCUT2D eigenvalue weighted by Gasteiger charge is -2.20. The average molecular weight is 161 g/mol. The zero-order valence-electron chi connectivity index (χ0n) is 7.31. The molecule has 1 atom stereocenters. The van der Waals surface area contributed by atoms with E-state index in [2.05, 4.69) is 11.6 Å². The second kappa shape index (κ2) is 7.42. The standard InChI is InChI=1S/C6H13NS.C2H6/c1-8-6-4-2-3-5-7-6;1-2/h6-7H,2-5H2,1H3;1-2H3. The molecular weight excluding hydrogens is 142 g/mol. The van der Waals surface area contributed by atoms with Gasteiger partial charge in [0, 0.05) is 0 Å². The summed E-state index contributed by atoms with van der Waals surface area (Å²) in [6.45, 7) is 5.23. The SMILES string of the molecule is CC.CSC1CCCCN1. The molecule has 0 spiro atoms. The van der Waals surface area contributed by atoms with Crippen LogP contribution < -0.4 is 5.32 Å². The van der Waals surface area contributed by atoms with E-state index in [1.165, 1.54) is 25.8 Å². The van der Waals surface area contributed by atoms with Crippen molar-refractivity contribution < 1.29 is 0 Å². The van der Waals surface area contributed by atoms with E-state index in [0.717, 1.165) is 5.37 Å². The number of thioether (sulfide) groups is 1. The Hall–Kier alpha value is 0.310. The average Bonchev–Trinajstić information content (AvgIpc) is 2.10. The van der Waals surface area contributed by atoms with Crippen molar-refractivity contribution in [2.45, 2.75) is 38.5 Å². The molecule has 1 unspecified atom stereocenters. The first-order chi connectivity index (χ1) is 4.93. The molecule has 2 heteroatoms. The van der Waals surface area contributed by atoms with Crippen LogP contribution in [0.2, 0.25) is 0 Å². The van der Waals surface area contributed by atoms with E-state index in [1.54, 1.807) is 0 Å². The summed E-state index contributed by atoms with van der Waals surface area (Å²) in [5.74, 6) is 0. The first-order valence-electron chi connectivity index (χ1n) is 4.19. The van der Waals surface area contributed by atoms with E-state index in [1.807, 2.05) is 25.6 Å². The van der Waals surface area contributed by atoms with Crippen molar-refractivity contribution in [2.24, 2.45) is 0 Å². The van der Waals surface area contributed by atoms with E-state index in [-0.39, 0.29) is 0 Å². The predicted octanol–water partition coefficient (Wildman–Crippen LogP) is 2.48. The van der Waals surface area contributed by atoms with Gasteiger partial charge in [-0.25, -0.2) is 0 Å². The molecular formula is C8H19NS. The fraction of sp³-hybridized carbons (Fsp3) is 1.00. The molecule has 0 aliphatic carbocycles. The topological polar surface area (TPSA) is 12.0 Å². The maximum absolute atomic E-state index is 3.43. The molecule has 10 heavy (non-hydrogen) atoms. The molecule has 1 saturated heterocycles. The van der Waals surface area contributed by atoms with Crippen LogP contribution in [-0.2, 0) is 0 Å². The van der Waals surface area contributed by atoms with Crippen LogP contribution in [0.1, 0.15) is 33.1 Å². The number of hydrogen-bond acceptors (Lipinski definition) is 2. The van der Waals surface area contributed by atoms with Gasteiger partial charge in [0.15, 0.2) is 0 Å². The van der Waals surface area contributed by atoms with Gasteiger partial charge in [0.1, 0.15) is 0 Å². The van der Waals surface area contributed by atoms with Gasteiger partial charge in [-0.1, -0.05) is 13.8 Å². The normalized spacial score (nSPS) is 24.9. The molecule has 1 N–H and O–H groups in total. The van der Waals surface area contributed by atoms with E-state index < -0.39 is 0 Å². The first-order valence-corrected chi connectivity index (χ1v) is 5.48. The second-order valence-corrected chi connectivity index (χ2v) is 3.21. The molecule has 1 heterocycles. The maximum atomic E-state index is 3.43. The van der Waals surface area contributed by atoms with Crippen molar-refractivity contribution in [3.63, 3.8) is 0 Å². The summed E-state index contributed by atoms with van der Waals surface area (Å²) in [5, 5.41) is 4.19. The lowest BCUT2D eigenvalue weighted by Crippen LogP contribution is -2.30. The molecule has 1 rings (SSSR count). The highest BCUT2D eigenvalue weighted by molar-refractivity contribution is 7.99. The highest BCUT2D eigenvalue weighted by Gasteiger charge is 2.08. The van der Waals surface area contributed by atoms with Crippen LogP contribution in [0, 0.1) is 0 Å². The summed E-state index contributed by atoms with van der Waals surface area (Å²) >= 11 is 1.93. The molecule has 0 radical (unpaired) electrons. The van der Waals surface area contributed by atoms with Gasteiger partial charge in [-0.3, -0.25) is 0 Å². The van der Waals surface area contributed by atoms with Crippen LogP contribution >= 0.6 is 11.8 Å². The number of piperidine rings is 1. The molecule has 0 amide bonds. The Labute approximate surface area is 69.0 Å². The Morgan fingerprint density at radius 2 is 2.00 bits per heavy atom.